The van der Waals surface area contributed by atoms with E-state index in [0.717, 1.165) is 25.7 Å². The number of aliphatic hydroxyl groups excluding tert-OH is 3. The molecular weight excluding hydrogens is 366 g/mol. The summed E-state index contributed by atoms with van der Waals surface area (Å²) < 4.78 is 0. The third kappa shape index (κ3) is 16.6. The van der Waals surface area contributed by atoms with E-state index in [9.17, 15) is 20.1 Å². The lowest BCUT2D eigenvalue weighted by atomic mass is 10.0. The van der Waals surface area contributed by atoms with Gasteiger partial charge in [0, 0.05) is 0 Å². The van der Waals surface area contributed by atoms with Crippen LogP contribution in [0.5, 0.6) is 0 Å². The molecule has 1 amide bonds. The second kappa shape index (κ2) is 20.4. The van der Waals surface area contributed by atoms with Gasteiger partial charge in [0.1, 0.15) is 6.10 Å². The predicted molar refractivity (Wildman–Crippen MR) is 121 cm³/mol. The lowest BCUT2D eigenvalue weighted by Gasteiger charge is -2.21. The number of amides is 1. The van der Waals surface area contributed by atoms with Gasteiger partial charge in [-0.05, 0) is 19.3 Å². The van der Waals surface area contributed by atoms with Crippen LogP contribution >= 0.6 is 0 Å². The molecule has 29 heavy (non-hydrogen) atoms. The van der Waals surface area contributed by atoms with Crippen molar-refractivity contribution in [1.82, 2.24) is 5.32 Å². The molecule has 0 heterocycles. The number of aliphatic hydroxyl groups is 3. The van der Waals surface area contributed by atoms with Gasteiger partial charge in [-0.1, -0.05) is 103 Å². The van der Waals surface area contributed by atoms with Crippen LogP contribution in [0.1, 0.15) is 110 Å². The van der Waals surface area contributed by atoms with E-state index in [-0.39, 0.29) is 6.61 Å². The summed E-state index contributed by atoms with van der Waals surface area (Å²) in [5.41, 5.74) is 0. The van der Waals surface area contributed by atoms with Crippen LogP contribution in [0.4, 0.5) is 0 Å². The number of rotatable bonds is 20. The normalized spacial score (nSPS) is 14.8. The number of hydrogen-bond acceptors (Lipinski definition) is 4. The molecule has 0 saturated heterocycles. The summed E-state index contributed by atoms with van der Waals surface area (Å²) in [6.45, 7) is 3.88. The first-order valence-electron chi connectivity index (χ1n) is 12.0. The highest BCUT2D eigenvalue weighted by Crippen LogP contribution is 2.12. The molecule has 0 aromatic carbocycles. The van der Waals surface area contributed by atoms with E-state index in [1.54, 1.807) is 6.08 Å². The zero-order valence-electron chi connectivity index (χ0n) is 19.0. The topological polar surface area (TPSA) is 89.8 Å². The van der Waals surface area contributed by atoms with Crippen molar-refractivity contribution in [3.63, 3.8) is 0 Å². The number of carbonyl (C=O) groups is 1. The standard InChI is InChI=1S/C24H47NO4/c1-3-5-7-8-9-10-11-12-13-14-15-16-17-19-22(27)21(20-26)25-24(29)23(28)18-6-4-2/h17,19,21-23,26-28H,3-16,18,20H2,1-2H3,(H,25,29)/b19-17+/t21-,22+,23?/m0/s1. The van der Waals surface area contributed by atoms with Gasteiger partial charge in [-0.15, -0.1) is 0 Å². The van der Waals surface area contributed by atoms with Gasteiger partial charge in [0.2, 0.25) is 5.91 Å². The minimum absolute atomic E-state index is 0.365. The molecule has 0 aliphatic carbocycles. The Kier molecular flexibility index (Phi) is 19.7. The minimum atomic E-state index is -1.09. The van der Waals surface area contributed by atoms with Crippen LogP contribution in [0.2, 0.25) is 0 Å². The van der Waals surface area contributed by atoms with Gasteiger partial charge in [-0.3, -0.25) is 4.79 Å². The Bertz CT molecular complexity index is 400. The van der Waals surface area contributed by atoms with E-state index in [2.05, 4.69) is 12.2 Å². The fourth-order valence-corrected chi connectivity index (χ4v) is 3.34. The molecule has 1 unspecified atom stereocenters. The van der Waals surface area contributed by atoms with Gasteiger partial charge in [-0.2, -0.15) is 0 Å². The first-order chi connectivity index (χ1) is 14.1. The number of hydrogen-bond donors (Lipinski definition) is 4. The second-order valence-electron chi connectivity index (χ2n) is 8.20. The summed E-state index contributed by atoms with van der Waals surface area (Å²) in [6, 6.07) is -0.785. The van der Waals surface area contributed by atoms with Gasteiger partial charge >= 0.3 is 0 Å². The smallest absolute Gasteiger partial charge is 0.249 e. The number of allylic oxidation sites excluding steroid dienone is 1. The number of nitrogens with one attached hydrogen (secondary N) is 1. The summed E-state index contributed by atoms with van der Waals surface area (Å²) in [6.07, 6.45) is 18.8. The second-order valence-corrected chi connectivity index (χ2v) is 8.20. The number of carbonyl (C=O) groups excluding carboxylic acids is 1. The number of unbranched alkanes of at least 4 members (excludes halogenated alkanes) is 12. The summed E-state index contributed by atoms with van der Waals surface area (Å²) in [4.78, 5) is 11.9. The fourth-order valence-electron chi connectivity index (χ4n) is 3.34. The van der Waals surface area contributed by atoms with Crippen molar-refractivity contribution < 1.29 is 20.1 Å². The van der Waals surface area contributed by atoms with E-state index in [1.165, 1.54) is 64.2 Å². The zero-order valence-corrected chi connectivity index (χ0v) is 19.0. The average molecular weight is 414 g/mol. The third-order valence-electron chi connectivity index (χ3n) is 5.38. The average Bonchev–Trinajstić information content (AvgIpc) is 2.73. The first kappa shape index (κ1) is 28.1. The van der Waals surface area contributed by atoms with Crippen molar-refractivity contribution in [1.29, 1.82) is 0 Å². The lowest BCUT2D eigenvalue weighted by molar-refractivity contribution is -0.131. The Morgan fingerprint density at radius 3 is 1.86 bits per heavy atom. The quantitative estimate of drug-likeness (QED) is 0.173. The van der Waals surface area contributed by atoms with Gasteiger partial charge in [0.25, 0.3) is 0 Å². The molecule has 5 nitrogen and oxygen atoms in total. The van der Waals surface area contributed by atoms with E-state index >= 15 is 0 Å². The Morgan fingerprint density at radius 2 is 1.34 bits per heavy atom. The van der Waals surface area contributed by atoms with Crippen molar-refractivity contribution >= 4 is 5.91 Å². The molecule has 0 spiro atoms. The molecule has 0 aliphatic heterocycles. The Labute approximate surface area is 179 Å². The Balaban J connectivity index is 3.78. The molecule has 172 valence electrons. The molecular formula is C24H47NO4. The fraction of sp³-hybridized carbons (Fsp3) is 0.875. The molecule has 5 heteroatoms. The van der Waals surface area contributed by atoms with Crippen molar-refractivity contribution in [3.8, 4) is 0 Å². The molecule has 0 aliphatic rings. The molecule has 0 fully saturated rings. The van der Waals surface area contributed by atoms with Crippen LogP contribution in [0, 0.1) is 0 Å². The van der Waals surface area contributed by atoms with Gasteiger partial charge in [0.15, 0.2) is 0 Å². The third-order valence-corrected chi connectivity index (χ3v) is 5.38. The summed E-state index contributed by atoms with van der Waals surface area (Å²) in [5.74, 6) is -0.532. The van der Waals surface area contributed by atoms with Crippen molar-refractivity contribution in [3.05, 3.63) is 12.2 Å². The molecule has 4 N–H and O–H groups in total. The van der Waals surface area contributed by atoms with Crippen LogP contribution in [-0.4, -0.2) is 46.1 Å². The Morgan fingerprint density at radius 1 is 0.828 bits per heavy atom. The molecule has 0 aromatic heterocycles. The van der Waals surface area contributed by atoms with E-state index in [1.807, 2.05) is 13.0 Å². The van der Waals surface area contributed by atoms with E-state index in [4.69, 9.17) is 0 Å². The zero-order chi connectivity index (χ0) is 21.7. The maximum atomic E-state index is 11.9. The van der Waals surface area contributed by atoms with Crippen LogP contribution in [0.25, 0.3) is 0 Å². The van der Waals surface area contributed by atoms with Crippen molar-refractivity contribution in [2.24, 2.45) is 0 Å². The lowest BCUT2D eigenvalue weighted by Crippen LogP contribution is -2.48. The molecule has 3 atom stereocenters. The first-order valence-corrected chi connectivity index (χ1v) is 12.0. The summed E-state index contributed by atoms with van der Waals surface area (Å²) in [7, 11) is 0. The predicted octanol–water partition coefficient (Wildman–Crippen LogP) is 4.63. The van der Waals surface area contributed by atoms with Gasteiger partial charge in [-0.25, -0.2) is 0 Å². The van der Waals surface area contributed by atoms with Crippen molar-refractivity contribution in [2.45, 2.75) is 128 Å². The maximum Gasteiger partial charge on any atom is 0.249 e. The molecule has 0 aromatic rings. The Hall–Kier alpha value is -0.910. The van der Waals surface area contributed by atoms with Crippen LogP contribution < -0.4 is 5.32 Å². The molecule has 0 radical (unpaired) electrons. The highest BCUT2D eigenvalue weighted by atomic mass is 16.3. The molecule has 0 saturated carbocycles. The van der Waals surface area contributed by atoms with Crippen LogP contribution in [-0.2, 0) is 4.79 Å². The van der Waals surface area contributed by atoms with E-state index < -0.39 is 24.2 Å². The monoisotopic (exact) mass is 413 g/mol. The highest BCUT2D eigenvalue weighted by Gasteiger charge is 2.22. The molecule has 0 bridgehead atoms. The highest BCUT2D eigenvalue weighted by molar-refractivity contribution is 5.80. The van der Waals surface area contributed by atoms with E-state index in [0.29, 0.717) is 6.42 Å². The van der Waals surface area contributed by atoms with Crippen LogP contribution in [0.3, 0.4) is 0 Å². The maximum absolute atomic E-state index is 11.9. The largest absolute Gasteiger partial charge is 0.394 e. The summed E-state index contributed by atoms with van der Waals surface area (Å²) in [5, 5.41) is 31.9. The summed E-state index contributed by atoms with van der Waals surface area (Å²) >= 11 is 0. The molecule has 0 rings (SSSR count). The van der Waals surface area contributed by atoms with Crippen LogP contribution in [0.15, 0.2) is 12.2 Å². The van der Waals surface area contributed by atoms with Gasteiger partial charge < -0.3 is 20.6 Å². The minimum Gasteiger partial charge on any atom is -0.394 e. The SMILES string of the molecule is CCCCCCCCCCCCC/C=C/[C@@H](O)[C@H](CO)NC(=O)C(O)CCCC. The van der Waals surface area contributed by atoms with Crippen molar-refractivity contribution in [2.75, 3.05) is 6.61 Å². The van der Waals surface area contributed by atoms with Gasteiger partial charge in [0.05, 0.1) is 18.8 Å².